The number of aliphatic hydroxyl groups is 1. The van der Waals surface area contributed by atoms with Gasteiger partial charge in [-0.3, -0.25) is 0 Å². The highest BCUT2D eigenvalue weighted by Gasteiger charge is 2.47. The molecule has 2 bridgehead atoms. The van der Waals surface area contributed by atoms with Crippen molar-refractivity contribution in [1.29, 1.82) is 0 Å². The standard InChI is InChI=1S/C25H31NO3.H2/c1-2-29-24(27)21-8-6-7-19(17-21)11-14-25(28,22-9-4-3-5-10-22)23-18-26-15-12-20(23)13-16-26;/h3-10,17,20,23,28H,2,11-16,18H2,1H3;1H. The van der Waals surface area contributed by atoms with E-state index in [2.05, 4.69) is 17.0 Å². The molecule has 2 aromatic rings. The molecule has 2 unspecified atom stereocenters. The number of piperidine rings is 3. The molecule has 3 aliphatic heterocycles. The Hall–Kier alpha value is -2.17. The summed E-state index contributed by atoms with van der Waals surface area (Å²) in [5.74, 6) is 0.543. The largest absolute Gasteiger partial charge is 0.462 e. The monoisotopic (exact) mass is 395 g/mol. The number of benzene rings is 2. The fraction of sp³-hybridized carbons (Fsp3) is 0.480. The lowest BCUT2D eigenvalue weighted by Crippen LogP contribution is -2.55. The first-order chi connectivity index (χ1) is 14.1. The summed E-state index contributed by atoms with van der Waals surface area (Å²) >= 11 is 0. The number of aryl methyl sites for hydroxylation is 1. The highest BCUT2D eigenvalue weighted by molar-refractivity contribution is 5.89. The number of esters is 1. The highest BCUT2D eigenvalue weighted by atomic mass is 16.5. The van der Waals surface area contributed by atoms with Gasteiger partial charge in [0.05, 0.1) is 17.8 Å². The van der Waals surface area contributed by atoms with Crippen LogP contribution >= 0.6 is 0 Å². The molecule has 2 aromatic carbocycles. The Morgan fingerprint density at radius 3 is 2.59 bits per heavy atom. The topological polar surface area (TPSA) is 49.8 Å². The summed E-state index contributed by atoms with van der Waals surface area (Å²) in [7, 11) is 0. The summed E-state index contributed by atoms with van der Waals surface area (Å²) in [6.07, 6.45) is 3.73. The third-order valence-corrected chi connectivity index (χ3v) is 6.78. The second kappa shape index (κ2) is 8.68. The molecule has 3 fully saturated rings. The number of hydrogen-bond donors (Lipinski definition) is 1. The molecule has 0 radical (unpaired) electrons. The van der Waals surface area contributed by atoms with Crippen LogP contribution in [0.1, 0.15) is 49.1 Å². The molecule has 3 aliphatic rings. The van der Waals surface area contributed by atoms with E-state index in [1.54, 1.807) is 6.07 Å². The van der Waals surface area contributed by atoms with E-state index in [9.17, 15) is 9.90 Å². The Kier molecular flexibility index (Phi) is 6.02. The minimum absolute atomic E-state index is 0. The number of hydrogen-bond acceptors (Lipinski definition) is 4. The van der Waals surface area contributed by atoms with Gasteiger partial charge in [-0.2, -0.15) is 0 Å². The molecule has 2 atom stereocenters. The summed E-state index contributed by atoms with van der Waals surface area (Å²) in [5, 5.41) is 12.0. The predicted molar refractivity (Wildman–Crippen MR) is 116 cm³/mol. The molecule has 0 saturated carbocycles. The van der Waals surface area contributed by atoms with E-state index in [0.717, 1.165) is 37.2 Å². The number of carbonyl (C=O) groups excluding carboxylic acids is 1. The zero-order chi connectivity index (χ0) is 20.3. The molecular formula is C25H33NO3. The van der Waals surface area contributed by atoms with Crippen molar-refractivity contribution in [2.24, 2.45) is 11.8 Å². The van der Waals surface area contributed by atoms with Crippen LogP contribution in [0.2, 0.25) is 0 Å². The predicted octanol–water partition coefficient (Wildman–Crippen LogP) is 4.27. The van der Waals surface area contributed by atoms with Gasteiger partial charge in [-0.05, 0) is 74.9 Å². The fourth-order valence-corrected chi connectivity index (χ4v) is 5.18. The average molecular weight is 396 g/mol. The Bertz CT molecular complexity index is 835. The van der Waals surface area contributed by atoms with E-state index in [4.69, 9.17) is 4.74 Å². The smallest absolute Gasteiger partial charge is 0.338 e. The maximum Gasteiger partial charge on any atom is 0.338 e. The Labute approximate surface area is 175 Å². The van der Waals surface area contributed by atoms with Crippen LogP contribution in [0.15, 0.2) is 54.6 Å². The van der Waals surface area contributed by atoms with E-state index in [-0.39, 0.29) is 13.3 Å². The Morgan fingerprint density at radius 1 is 1.17 bits per heavy atom. The van der Waals surface area contributed by atoms with Gasteiger partial charge in [-0.1, -0.05) is 42.5 Å². The minimum Gasteiger partial charge on any atom is -0.462 e. The van der Waals surface area contributed by atoms with Crippen LogP contribution < -0.4 is 0 Å². The molecular weight excluding hydrogens is 362 g/mol. The molecule has 4 nitrogen and oxygen atoms in total. The maximum atomic E-state index is 12.1. The molecule has 0 spiro atoms. The number of ether oxygens (including phenoxy) is 1. The molecule has 0 amide bonds. The van der Waals surface area contributed by atoms with Crippen molar-refractivity contribution in [2.45, 2.75) is 38.2 Å². The van der Waals surface area contributed by atoms with E-state index >= 15 is 0 Å². The fourth-order valence-electron chi connectivity index (χ4n) is 5.18. The zero-order valence-corrected chi connectivity index (χ0v) is 17.2. The van der Waals surface area contributed by atoms with Crippen molar-refractivity contribution in [2.75, 3.05) is 26.2 Å². The van der Waals surface area contributed by atoms with Gasteiger partial charge in [0.1, 0.15) is 0 Å². The molecule has 0 aliphatic carbocycles. The van der Waals surface area contributed by atoms with E-state index in [0.29, 0.717) is 24.5 Å². The van der Waals surface area contributed by atoms with Gasteiger partial charge in [0.2, 0.25) is 0 Å². The number of nitrogens with zero attached hydrogens (tertiary/aromatic N) is 1. The molecule has 4 heteroatoms. The lowest BCUT2D eigenvalue weighted by Gasteiger charge is -2.51. The normalized spacial score (nSPS) is 25.4. The lowest BCUT2D eigenvalue weighted by molar-refractivity contribution is -0.106. The number of fused-ring (bicyclic) bond motifs is 3. The van der Waals surface area contributed by atoms with E-state index in [1.807, 2.05) is 43.3 Å². The van der Waals surface area contributed by atoms with Crippen LogP contribution in [-0.2, 0) is 16.8 Å². The second-order valence-corrected chi connectivity index (χ2v) is 8.46. The molecule has 29 heavy (non-hydrogen) atoms. The second-order valence-electron chi connectivity index (χ2n) is 8.46. The Balaban J connectivity index is 0.00000256. The van der Waals surface area contributed by atoms with Crippen molar-refractivity contribution in [1.82, 2.24) is 4.90 Å². The van der Waals surface area contributed by atoms with Crippen molar-refractivity contribution in [3.8, 4) is 0 Å². The SMILES string of the molecule is CCOC(=O)c1cccc(CCC(O)(c2ccccc2)C2CN3CCC2CC3)c1.[HH]. The quantitative estimate of drug-likeness (QED) is 0.711. The van der Waals surface area contributed by atoms with Gasteiger partial charge in [-0.25, -0.2) is 4.79 Å². The van der Waals surface area contributed by atoms with Crippen molar-refractivity contribution >= 4 is 5.97 Å². The lowest BCUT2D eigenvalue weighted by atomic mass is 9.66. The van der Waals surface area contributed by atoms with Crippen LogP contribution in [0.25, 0.3) is 0 Å². The molecule has 1 N–H and O–H groups in total. The maximum absolute atomic E-state index is 12.1. The summed E-state index contributed by atoms with van der Waals surface area (Å²) in [6, 6.07) is 17.8. The molecule has 5 rings (SSSR count). The third kappa shape index (κ3) is 4.24. The van der Waals surface area contributed by atoms with Gasteiger partial charge < -0.3 is 14.7 Å². The van der Waals surface area contributed by atoms with Crippen LogP contribution in [-0.4, -0.2) is 42.2 Å². The van der Waals surface area contributed by atoms with E-state index in [1.165, 1.54) is 12.8 Å². The molecule has 156 valence electrons. The summed E-state index contributed by atoms with van der Waals surface area (Å²) in [6.45, 7) is 5.48. The molecule has 3 heterocycles. The van der Waals surface area contributed by atoms with Crippen molar-refractivity contribution in [3.05, 3.63) is 71.3 Å². The van der Waals surface area contributed by atoms with Gasteiger partial charge in [0.25, 0.3) is 0 Å². The summed E-state index contributed by atoms with van der Waals surface area (Å²) < 4.78 is 5.13. The van der Waals surface area contributed by atoms with Crippen LogP contribution in [0, 0.1) is 11.8 Å². The number of carbonyl (C=O) groups is 1. The van der Waals surface area contributed by atoms with E-state index < -0.39 is 5.60 Å². The zero-order valence-electron chi connectivity index (χ0n) is 17.2. The first-order valence-electron chi connectivity index (χ1n) is 10.9. The first-order valence-corrected chi connectivity index (χ1v) is 10.9. The number of rotatable bonds is 7. The summed E-state index contributed by atoms with van der Waals surface area (Å²) in [5.41, 5.74) is 1.80. The highest BCUT2D eigenvalue weighted by Crippen LogP contribution is 2.45. The van der Waals surface area contributed by atoms with Gasteiger partial charge in [0, 0.05) is 13.9 Å². The molecule has 0 aromatic heterocycles. The van der Waals surface area contributed by atoms with Gasteiger partial charge in [-0.15, -0.1) is 0 Å². The van der Waals surface area contributed by atoms with Gasteiger partial charge >= 0.3 is 5.97 Å². The first kappa shape index (κ1) is 20.1. The van der Waals surface area contributed by atoms with Crippen molar-refractivity contribution in [3.63, 3.8) is 0 Å². The summed E-state index contributed by atoms with van der Waals surface area (Å²) in [4.78, 5) is 14.6. The third-order valence-electron chi connectivity index (χ3n) is 6.78. The van der Waals surface area contributed by atoms with Crippen LogP contribution in [0.3, 0.4) is 0 Å². The minimum atomic E-state index is -0.856. The van der Waals surface area contributed by atoms with Gasteiger partial charge in [0.15, 0.2) is 0 Å². The molecule has 3 saturated heterocycles. The van der Waals surface area contributed by atoms with Crippen molar-refractivity contribution < 1.29 is 16.1 Å². The Morgan fingerprint density at radius 2 is 1.93 bits per heavy atom. The average Bonchev–Trinajstić information content (AvgIpc) is 2.79. The van der Waals surface area contributed by atoms with Crippen LogP contribution in [0.5, 0.6) is 0 Å². The van der Waals surface area contributed by atoms with Crippen LogP contribution in [0.4, 0.5) is 0 Å².